The predicted molar refractivity (Wildman–Crippen MR) is 49.1 cm³/mol. The Balaban J connectivity index is 2.28. The summed E-state index contributed by atoms with van der Waals surface area (Å²) in [5.41, 5.74) is 2.30. The van der Waals surface area contributed by atoms with Crippen LogP contribution < -0.4 is 5.32 Å². The maximum Gasteiger partial charge on any atom is 0.347 e. The normalized spacial score (nSPS) is 22.0. The predicted octanol–water partition coefficient (Wildman–Crippen LogP) is 1.27. The van der Waals surface area contributed by atoms with E-state index < -0.39 is 5.97 Å². The second-order valence-electron chi connectivity index (χ2n) is 3.02. The van der Waals surface area contributed by atoms with Gasteiger partial charge in [-0.15, -0.1) is 11.3 Å². The van der Waals surface area contributed by atoms with E-state index in [2.05, 4.69) is 10.3 Å². The van der Waals surface area contributed by atoms with E-state index in [0.29, 0.717) is 10.6 Å². The Labute approximate surface area is 79.6 Å². The molecule has 0 bridgehead atoms. The van der Waals surface area contributed by atoms with Crippen LogP contribution in [0.25, 0.3) is 0 Å². The van der Waals surface area contributed by atoms with Gasteiger partial charge in [0.2, 0.25) is 0 Å². The molecule has 2 heterocycles. The van der Waals surface area contributed by atoms with E-state index in [0.717, 1.165) is 19.4 Å². The first-order valence-corrected chi connectivity index (χ1v) is 5.07. The van der Waals surface area contributed by atoms with Crippen LogP contribution in [-0.2, 0) is 0 Å². The maximum atomic E-state index is 10.8. The zero-order chi connectivity index (χ0) is 9.26. The first-order valence-electron chi connectivity index (χ1n) is 4.19. The van der Waals surface area contributed by atoms with Gasteiger partial charge in [-0.2, -0.15) is 0 Å². The first kappa shape index (κ1) is 8.65. The largest absolute Gasteiger partial charge is 0.477 e. The van der Waals surface area contributed by atoms with Gasteiger partial charge in [0.25, 0.3) is 0 Å². The van der Waals surface area contributed by atoms with Crippen LogP contribution in [0.2, 0.25) is 0 Å². The highest BCUT2D eigenvalue weighted by Crippen LogP contribution is 2.26. The average Bonchev–Trinajstić information content (AvgIpc) is 2.74. The van der Waals surface area contributed by atoms with Crippen LogP contribution in [0.4, 0.5) is 0 Å². The highest BCUT2D eigenvalue weighted by molar-refractivity contribution is 7.11. The number of rotatable bonds is 2. The van der Waals surface area contributed by atoms with Gasteiger partial charge in [0.05, 0.1) is 17.2 Å². The van der Waals surface area contributed by atoms with Crippen molar-refractivity contribution in [2.45, 2.75) is 18.9 Å². The SMILES string of the molecule is O=C(O)c1scnc1C1CCCN1. The van der Waals surface area contributed by atoms with Gasteiger partial charge >= 0.3 is 5.97 Å². The minimum Gasteiger partial charge on any atom is -0.477 e. The fraction of sp³-hybridized carbons (Fsp3) is 0.500. The molecule has 0 amide bonds. The maximum absolute atomic E-state index is 10.8. The summed E-state index contributed by atoms with van der Waals surface area (Å²) in [5.74, 6) is -0.869. The van der Waals surface area contributed by atoms with E-state index in [9.17, 15) is 4.79 Å². The lowest BCUT2D eigenvalue weighted by atomic mass is 10.1. The van der Waals surface area contributed by atoms with Crippen LogP contribution in [0.5, 0.6) is 0 Å². The van der Waals surface area contributed by atoms with Crippen molar-refractivity contribution >= 4 is 17.3 Å². The van der Waals surface area contributed by atoms with Gasteiger partial charge < -0.3 is 10.4 Å². The van der Waals surface area contributed by atoms with E-state index in [1.165, 1.54) is 11.3 Å². The van der Waals surface area contributed by atoms with Crippen molar-refractivity contribution in [3.63, 3.8) is 0 Å². The average molecular weight is 198 g/mol. The molecule has 0 aromatic carbocycles. The Hall–Kier alpha value is -0.940. The van der Waals surface area contributed by atoms with E-state index in [1.807, 2.05) is 0 Å². The summed E-state index contributed by atoms with van der Waals surface area (Å²) in [5, 5.41) is 12.1. The molecule has 1 aliphatic heterocycles. The molecule has 1 aromatic rings. The number of nitrogens with one attached hydrogen (secondary N) is 1. The second-order valence-corrected chi connectivity index (χ2v) is 3.88. The van der Waals surface area contributed by atoms with Gasteiger partial charge in [-0.1, -0.05) is 0 Å². The Morgan fingerprint density at radius 1 is 1.77 bits per heavy atom. The fourth-order valence-electron chi connectivity index (χ4n) is 1.58. The molecule has 4 nitrogen and oxygen atoms in total. The van der Waals surface area contributed by atoms with Crippen LogP contribution in [0.3, 0.4) is 0 Å². The molecule has 1 atom stereocenters. The third-order valence-corrected chi connectivity index (χ3v) is 3.01. The lowest BCUT2D eigenvalue weighted by Gasteiger charge is -2.06. The number of nitrogens with zero attached hydrogens (tertiary/aromatic N) is 1. The summed E-state index contributed by atoms with van der Waals surface area (Å²) >= 11 is 1.19. The van der Waals surface area contributed by atoms with Crippen LogP contribution in [0, 0.1) is 0 Å². The zero-order valence-electron chi connectivity index (χ0n) is 6.99. The van der Waals surface area contributed by atoms with Crippen LogP contribution in [0.15, 0.2) is 5.51 Å². The molecule has 1 aliphatic rings. The summed E-state index contributed by atoms with van der Waals surface area (Å²) in [7, 11) is 0. The minimum absolute atomic E-state index is 0.150. The number of aromatic carboxylic acids is 1. The number of carboxylic acid groups (broad SMARTS) is 1. The monoisotopic (exact) mass is 198 g/mol. The third kappa shape index (κ3) is 1.57. The molecular weight excluding hydrogens is 188 g/mol. The molecule has 2 rings (SSSR count). The van der Waals surface area contributed by atoms with Crippen molar-refractivity contribution in [3.05, 3.63) is 16.1 Å². The summed E-state index contributed by atoms with van der Waals surface area (Å²) in [6, 6.07) is 0.150. The van der Waals surface area contributed by atoms with Gasteiger partial charge in [0.1, 0.15) is 4.88 Å². The summed E-state index contributed by atoms with van der Waals surface area (Å²) < 4.78 is 0. The lowest BCUT2D eigenvalue weighted by molar-refractivity contribution is 0.0700. The smallest absolute Gasteiger partial charge is 0.347 e. The van der Waals surface area contributed by atoms with Crippen molar-refractivity contribution in [2.24, 2.45) is 0 Å². The number of aromatic nitrogens is 1. The Morgan fingerprint density at radius 2 is 2.62 bits per heavy atom. The molecular formula is C8H10N2O2S. The van der Waals surface area contributed by atoms with Gasteiger partial charge in [-0.3, -0.25) is 0 Å². The topological polar surface area (TPSA) is 62.2 Å². The highest BCUT2D eigenvalue weighted by Gasteiger charge is 2.24. The lowest BCUT2D eigenvalue weighted by Crippen LogP contribution is -2.15. The van der Waals surface area contributed by atoms with Crippen LogP contribution >= 0.6 is 11.3 Å². The fourth-order valence-corrected chi connectivity index (χ4v) is 2.27. The molecule has 0 spiro atoms. The van der Waals surface area contributed by atoms with Crippen molar-refractivity contribution < 1.29 is 9.90 Å². The van der Waals surface area contributed by atoms with Gasteiger partial charge in [0.15, 0.2) is 0 Å². The van der Waals surface area contributed by atoms with E-state index in [4.69, 9.17) is 5.11 Å². The third-order valence-electron chi connectivity index (χ3n) is 2.18. The van der Waals surface area contributed by atoms with Gasteiger partial charge in [-0.25, -0.2) is 9.78 Å². The van der Waals surface area contributed by atoms with E-state index in [1.54, 1.807) is 5.51 Å². The standard InChI is InChI=1S/C8H10N2O2S/c11-8(12)7-6(10-4-13-7)5-2-1-3-9-5/h4-5,9H,1-3H2,(H,11,12). The Morgan fingerprint density at radius 3 is 3.23 bits per heavy atom. The minimum atomic E-state index is -0.869. The van der Waals surface area contributed by atoms with Crippen molar-refractivity contribution in [3.8, 4) is 0 Å². The van der Waals surface area contributed by atoms with Crippen LogP contribution in [0.1, 0.15) is 34.2 Å². The second kappa shape index (κ2) is 3.43. The van der Waals surface area contributed by atoms with Gasteiger partial charge in [-0.05, 0) is 19.4 Å². The molecule has 70 valence electrons. The summed E-state index contributed by atoms with van der Waals surface area (Å²) in [4.78, 5) is 15.3. The molecule has 0 saturated carbocycles. The molecule has 2 N–H and O–H groups in total. The molecule has 1 unspecified atom stereocenters. The molecule has 0 radical (unpaired) electrons. The molecule has 0 aliphatic carbocycles. The number of hydrogen-bond donors (Lipinski definition) is 2. The first-order chi connectivity index (χ1) is 6.29. The molecule has 1 saturated heterocycles. The number of hydrogen-bond acceptors (Lipinski definition) is 4. The molecule has 13 heavy (non-hydrogen) atoms. The van der Waals surface area contributed by atoms with Crippen molar-refractivity contribution in [1.82, 2.24) is 10.3 Å². The van der Waals surface area contributed by atoms with E-state index in [-0.39, 0.29) is 6.04 Å². The summed E-state index contributed by atoms with van der Waals surface area (Å²) in [6.45, 7) is 0.960. The van der Waals surface area contributed by atoms with E-state index >= 15 is 0 Å². The van der Waals surface area contributed by atoms with Gasteiger partial charge in [0, 0.05) is 0 Å². The van der Waals surface area contributed by atoms with Crippen molar-refractivity contribution in [1.29, 1.82) is 0 Å². The van der Waals surface area contributed by atoms with Crippen LogP contribution in [-0.4, -0.2) is 22.6 Å². The molecule has 5 heteroatoms. The Bertz CT molecular complexity index is 318. The number of thiazole rings is 1. The molecule has 1 aromatic heterocycles. The highest BCUT2D eigenvalue weighted by atomic mass is 32.1. The summed E-state index contributed by atoms with van der Waals surface area (Å²) in [6.07, 6.45) is 2.09. The number of carboxylic acids is 1. The van der Waals surface area contributed by atoms with Crippen molar-refractivity contribution in [2.75, 3.05) is 6.54 Å². The molecule has 1 fully saturated rings. The Kier molecular flexibility index (Phi) is 2.28. The number of carbonyl (C=O) groups is 1. The zero-order valence-corrected chi connectivity index (χ0v) is 7.80. The quantitative estimate of drug-likeness (QED) is 0.751.